The second-order valence-electron chi connectivity index (χ2n) is 5.78. The van der Waals surface area contributed by atoms with Crippen molar-refractivity contribution in [3.8, 4) is 0 Å². The summed E-state index contributed by atoms with van der Waals surface area (Å²) in [5.74, 6) is 0.235. The molecule has 0 unspecified atom stereocenters. The van der Waals surface area contributed by atoms with Crippen molar-refractivity contribution >= 4 is 16.7 Å². The minimum Gasteiger partial charge on any atom is -0.292 e. The van der Waals surface area contributed by atoms with E-state index in [0.717, 1.165) is 16.5 Å². The highest BCUT2D eigenvalue weighted by atomic mass is 16.1. The van der Waals surface area contributed by atoms with E-state index in [2.05, 4.69) is 44.2 Å². The molecule has 0 radical (unpaired) electrons. The number of nitrogens with zero attached hydrogens (tertiary/aromatic N) is 1. The monoisotopic (exact) mass is 290 g/mol. The van der Waals surface area contributed by atoms with Gasteiger partial charge in [0.05, 0.1) is 0 Å². The molecule has 1 heterocycles. The zero-order valence-corrected chi connectivity index (χ0v) is 13.0. The van der Waals surface area contributed by atoms with Gasteiger partial charge in [-0.05, 0) is 42.7 Å². The van der Waals surface area contributed by atoms with E-state index >= 15 is 0 Å². The first-order valence-electron chi connectivity index (χ1n) is 7.59. The molecule has 0 fully saturated rings. The molecular formula is C20H20NO+. The molecule has 2 aromatic carbocycles. The van der Waals surface area contributed by atoms with Crippen LogP contribution in [0.15, 0.2) is 60.8 Å². The molecular weight excluding hydrogens is 270 g/mol. The Balaban J connectivity index is 1.85. The van der Waals surface area contributed by atoms with Gasteiger partial charge in [0.25, 0.3) is 0 Å². The smallest absolute Gasteiger partial charge is 0.212 e. The first kappa shape index (κ1) is 14.5. The van der Waals surface area contributed by atoms with E-state index in [0.29, 0.717) is 13.0 Å². The molecule has 0 aliphatic carbocycles. The van der Waals surface area contributed by atoms with Gasteiger partial charge in [0.2, 0.25) is 17.8 Å². The lowest BCUT2D eigenvalue weighted by atomic mass is 9.98. The van der Waals surface area contributed by atoms with Crippen molar-refractivity contribution in [3.05, 3.63) is 77.5 Å². The minimum absolute atomic E-state index is 0.235. The number of ketones is 1. The van der Waals surface area contributed by atoms with Gasteiger partial charge in [-0.25, -0.2) is 0 Å². The Hall–Kier alpha value is -2.48. The van der Waals surface area contributed by atoms with Crippen LogP contribution in [0.3, 0.4) is 0 Å². The number of carbonyl (C=O) groups is 1. The maximum absolute atomic E-state index is 12.5. The van der Waals surface area contributed by atoms with Gasteiger partial charge in [-0.1, -0.05) is 30.3 Å². The van der Waals surface area contributed by atoms with Crippen LogP contribution in [0.4, 0.5) is 0 Å². The van der Waals surface area contributed by atoms with Crippen molar-refractivity contribution in [1.29, 1.82) is 0 Å². The predicted molar refractivity (Wildman–Crippen MR) is 88.8 cm³/mol. The predicted octanol–water partition coefficient (Wildman–Crippen LogP) is 3.56. The molecule has 3 rings (SSSR count). The maximum Gasteiger partial charge on any atom is 0.212 e. The Kier molecular flexibility index (Phi) is 4.01. The van der Waals surface area contributed by atoms with E-state index in [1.54, 1.807) is 0 Å². The Morgan fingerprint density at radius 2 is 1.59 bits per heavy atom. The van der Waals surface area contributed by atoms with Crippen molar-refractivity contribution in [2.75, 3.05) is 0 Å². The van der Waals surface area contributed by atoms with E-state index in [9.17, 15) is 4.79 Å². The third-order valence-corrected chi connectivity index (χ3v) is 4.15. The number of aryl methyl sites for hydroxylation is 2. The van der Waals surface area contributed by atoms with Crippen LogP contribution in [-0.2, 0) is 17.8 Å². The molecule has 0 atom stereocenters. The molecule has 0 spiro atoms. The Bertz CT molecular complexity index is 810. The number of hydrogen-bond acceptors (Lipinski definition) is 1. The van der Waals surface area contributed by atoms with Gasteiger partial charge >= 0.3 is 0 Å². The van der Waals surface area contributed by atoms with Crippen molar-refractivity contribution < 1.29 is 9.36 Å². The fraction of sp³-hybridized carbons (Fsp3) is 0.200. The van der Waals surface area contributed by atoms with E-state index in [4.69, 9.17) is 0 Å². The third kappa shape index (κ3) is 2.91. The second kappa shape index (κ2) is 6.10. The van der Waals surface area contributed by atoms with Crippen LogP contribution in [0, 0.1) is 13.8 Å². The number of benzene rings is 2. The Morgan fingerprint density at radius 1 is 0.909 bits per heavy atom. The van der Waals surface area contributed by atoms with Crippen LogP contribution >= 0.6 is 0 Å². The summed E-state index contributed by atoms with van der Waals surface area (Å²) < 4.78 is 2.03. The van der Waals surface area contributed by atoms with Gasteiger partial charge in [0.15, 0.2) is 6.20 Å². The molecule has 0 amide bonds. The molecule has 0 bridgehead atoms. The van der Waals surface area contributed by atoms with Crippen LogP contribution in [0.5, 0.6) is 0 Å². The van der Waals surface area contributed by atoms with Crippen molar-refractivity contribution in [2.45, 2.75) is 26.8 Å². The second-order valence-corrected chi connectivity index (χ2v) is 5.78. The van der Waals surface area contributed by atoms with Crippen molar-refractivity contribution in [1.82, 2.24) is 0 Å². The fourth-order valence-electron chi connectivity index (χ4n) is 2.93. The highest BCUT2D eigenvalue weighted by Crippen LogP contribution is 2.14. The average Bonchev–Trinajstić information content (AvgIpc) is 2.51. The van der Waals surface area contributed by atoms with Crippen LogP contribution in [0.2, 0.25) is 0 Å². The lowest BCUT2D eigenvalue weighted by Gasteiger charge is -2.08. The normalized spacial score (nSPS) is 10.8. The lowest BCUT2D eigenvalue weighted by molar-refractivity contribution is -0.658. The van der Waals surface area contributed by atoms with Crippen LogP contribution in [-0.4, -0.2) is 5.78 Å². The zero-order valence-electron chi connectivity index (χ0n) is 13.0. The number of aromatic nitrogens is 1. The molecule has 1 aromatic heterocycles. The van der Waals surface area contributed by atoms with Gasteiger partial charge in [0.1, 0.15) is 0 Å². The summed E-state index contributed by atoms with van der Waals surface area (Å²) in [7, 11) is 0. The van der Waals surface area contributed by atoms with E-state index in [1.807, 2.05) is 35.0 Å². The fourth-order valence-corrected chi connectivity index (χ4v) is 2.93. The largest absolute Gasteiger partial charge is 0.292 e. The summed E-state index contributed by atoms with van der Waals surface area (Å²) in [5, 5.41) is 1.16. The number of pyridine rings is 1. The highest BCUT2D eigenvalue weighted by Gasteiger charge is 2.15. The summed E-state index contributed by atoms with van der Waals surface area (Å²) in [6.07, 6.45) is 2.47. The summed E-state index contributed by atoms with van der Waals surface area (Å²) >= 11 is 0. The van der Waals surface area contributed by atoms with Gasteiger partial charge in [-0.15, -0.1) is 0 Å². The number of rotatable bonds is 4. The van der Waals surface area contributed by atoms with E-state index in [1.165, 1.54) is 11.1 Å². The SMILES string of the molecule is Cc1cccc(C)c1CC(=O)C[n+]1cccc2ccccc21. The van der Waals surface area contributed by atoms with Crippen molar-refractivity contribution in [3.63, 3.8) is 0 Å². The van der Waals surface area contributed by atoms with Gasteiger partial charge in [0, 0.05) is 23.9 Å². The van der Waals surface area contributed by atoms with Gasteiger partial charge < -0.3 is 0 Å². The summed E-state index contributed by atoms with van der Waals surface area (Å²) in [6, 6.07) is 18.4. The molecule has 0 aliphatic heterocycles. The highest BCUT2D eigenvalue weighted by molar-refractivity contribution is 5.81. The average molecular weight is 290 g/mol. The number of Topliss-reactive ketones (excluding diaryl/α,β-unsaturated/α-hetero) is 1. The molecule has 2 nitrogen and oxygen atoms in total. The standard InChI is InChI=1S/C20H20NO/c1-15-7-5-8-16(2)19(15)13-18(22)14-21-12-6-10-17-9-3-4-11-20(17)21/h3-12H,13-14H2,1-2H3/q+1. The lowest BCUT2D eigenvalue weighted by Crippen LogP contribution is -2.38. The topological polar surface area (TPSA) is 20.9 Å². The molecule has 3 aromatic rings. The minimum atomic E-state index is 0.235. The molecule has 0 saturated heterocycles. The first-order chi connectivity index (χ1) is 10.6. The van der Waals surface area contributed by atoms with Gasteiger partial charge in [-0.2, -0.15) is 4.57 Å². The third-order valence-electron chi connectivity index (χ3n) is 4.15. The molecule has 0 N–H and O–H groups in total. The molecule has 22 heavy (non-hydrogen) atoms. The Labute approximate surface area is 131 Å². The summed E-state index contributed by atoms with van der Waals surface area (Å²) in [4.78, 5) is 12.5. The zero-order chi connectivity index (χ0) is 15.5. The quantitative estimate of drug-likeness (QED) is 0.673. The number of para-hydroxylation sites is 1. The number of carbonyl (C=O) groups excluding carboxylic acids is 1. The van der Waals surface area contributed by atoms with E-state index in [-0.39, 0.29) is 5.78 Å². The van der Waals surface area contributed by atoms with Crippen LogP contribution in [0.25, 0.3) is 10.9 Å². The summed E-state index contributed by atoms with van der Waals surface area (Å²) in [6.45, 7) is 4.55. The molecule has 2 heteroatoms. The Morgan fingerprint density at radius 3 is 2.36 bits per heavy atom. The van der Waals surface area contributed by atoms with Crippen LogP contribution in [0.1, 0.15) is 16.7 Å². The first-order valence-corrected chi connectivity index (χ1v) is 7.59. The maximum atomic E-state index is 12.5. The van der Waals surface area contributed by atoms with Crippen LogP contribution < -0.4 is 4.57 Å². The summed E-state index contributed by atoms with van der Waals surface area (Å²) in [5.41, 5.74) is 4.64. The van der Waals surface area contributed by atoms with Crippen molar-refractivity contribution in [2.24, 2.45) is 0 Å². The van der Waals surface area contributed by atoms with E-state index < -0.39 is 0 Å². The van der Waals surface area contributed by atoms with Gasteiger partial charge in [-0.3, -0.25) is 4.79 Å². The molecule has 0 saturated carbocycles. The number of fused-ring (bicyclic) bond motifs is 1. The molecule has 110 valence electrons. The molecule has 0 aliphatic rings. The number of hydrogen-bond donors (Lipinski definition) is 0.